The van der Waals surface area contributed by atoms with Gasteiger partial charge in [-0.1, -0.05) is 0 Å². The van der Waals surface area contributed by atoms with E-state index in [9.17, 15) is 24.0 Å². The second kappa shape index (κ2) is 11.5. The first kappa shape index (κ1) is 25.3. The van der Waals surface area contributed by atoms with Crippen molar-refractivity contribution in [3.05, 3.63) is 0 Å². The zero-order chi connectivity index (χ0) is 23.0. The van der Waals surface area contributed by atoms with Gasteiger partial charge >= 0.3 is 29.8 Å². The van der Waals surface area contributed by atoms with Gasteiger partial charge in [-0.25, -0.2) is 4.79 Å². The number of methoxy groups -OCH3 is 1. The molecule has 2 unspecified atom stereocenters. The number of rotatable bonds is 8. The zero-order valence-corrected chi connectivity index (χ0v) is 17.4. The summed E-state index contributed by atoms with van der Waals surface area (Å²) in [6, 6.07) is -1.07. The molecule has 1 aliphatic rings. The molecule has 1 aliphatic heterocycles. The first-order valence-electron chi connectivity index (χ1n) is 9.10. The van der Waals surface area contributed by atoms with Gasteiger partial charge in [-0.2, -0.15) is 0 Å². The number of hydrogen-bond donors (Lipinski definition) is 1. The van der Waals surface area contributed by atoms with Crippen LogP contribution in [0.4, 0.5) is 0 Å². The molecule has 0 radical (unpaired) electrons. The van der Waals surface area contributed by atoms with Gasteiger partial charge < -0.3 is 34.2 Å². The third-order valence-corrected chi connectivity index (χ3v) is 4.12. The molecule has 0 saturated carbocycles. The maximum absolute atomic E-state index is 12.1. The molecule has 12 nitrogen and oxygen atoms in total. The summed E-state index contributed by atoms with van der Waals surface area (Å²) >= 11 is 0. The van der Waals surface area contributed by atoms with E-state index in [0.29, 0.717) is 0 Å². The maximum Gasteiger partial charge on any atom is 0.335 e. The van der Waals surface area contributed by atoms with Gasteiger partial charge in [-0.15, -0.1) is 0 Å². The molecular formula is C18H27NO11. The Kier molecular flexibility index (Phi) is 9.66. The maximum atomic E-state index is 12.1. The highest BCUT2D eigenvalue weighted by Crippen LogP contribution is 2.28. The van der Waals surface area contributed by atoms with Crippen LogP contribution >= 0.6 is 0 Å². The summed E-state index contributed by atoms with van der Waals surface area (Å²) in [5.41, 5.74) is 6.18. The van der Waals surface area contributed by atoms with Crippen molar-refractivity contribution in [1.82, 2.24) is 0 Å². The average molecular weight is 433 g/mol. The second-order valence-electron chi connectivity index (χ2n) is 6.60. The van der Waals surface area contributed by atoms with Crippen LogP contribution in [0.3, 0.4) is 0 Å². The van der Waals surface area contributed by atoms with Crippen LogP contribution in [0.15, 0.2) is 0 Å². The lowest BCUT2D eigenvalue weighted by Gasteiger charge is -2.42. The molecule has 1 saturated heterocycles. The number of ether oxygens (including phenoxy) is 6. The normalized spacial score (nSPS) is 25.3. The van der Waals surface area contributed by atoms with Crippen molar-refractivity contribution >= 4 is 29.8 Å². The van der Waals surface area contributed by atoms with Crippen LogP contribution in [0.25, 0.3) is 0 Å². The third-order valence-electron chi connectivity index (χ3n) is 4.12. The Labute approximate surface area is 173 Å². The smallest absolute Gasteiger partial charge is 0.335 e. The van der Waals surface area contributed by atoms with Crippen molar-refractivity contribution < 1.29 is 52.4 Å². The summed E-state index contributed by atoms with van der Waals surface area (Å²) < 4.78 is 30.9. The summed E-state index contributed by atoms with van der Waals surface area (Å²) in [6.07, 6.45) is -6.24. The topological polar surface area (TPSA) is 167 Å². The number of esters is 5. The Morgan fingerprint density at radius 3 is 2.03 bits per heavy atom. The Morgan fingerprint density at radius 2 is 1.57 bits per heavy atom. The lowest BCUT2D eigenvalue weighted by atomic mass is 9.90. The predicted molar refractivity (Wildman–Crippen MR) is 96.6 cm³/mol. The third kappa shape index (κ3) is 7.59. The van der Waals surface area contributed by atoms with Crippen molar-refractivity contribution in [3.8, 4) is 0 Å². The summed E-state index contributed by atoms with van der Waals surface area (Å²) in [5, 5.41) is 0. The minimum Gasteiger partial charge on any atom is -0.467 e. The number of carbonyl (C=O) groups is 5. The van der Waals surface area contributed by atoms with E-state index in [1.54, 1.807) is 0 Å². The molecule has 0 amide bonds. The van der Waals surface area contributed by atoms with E-state index in [2.05, 4.69) is 4.74 Å². The Hall–Kier alpha value is -2.73. The van der Waals surface area contributed by atoms with Crippen molar-refractivity contribution in [3.63, 3.8) is 0 Å². The second-order valence-corrected chi connectivity index (χ2v) is 6.60. The van der Waals surface area contributed by atoms with Crippen molar-refractivity contribution in [2.45, 2.75) is 70.7 Å². The first-order valence-corrected chi connectivity index (χ1v) is 9.10. The minimum absolute atomic E-state index is 0.0983. The van der Waals surface area contributed by atoms with Gasteiger partial charge in [-0.3, -0.25) is 19.2 Å². The van der Waals surface area contributed by atoms with Crippen LogP contribution in [0, 0.1) is 0 Å². The van der Waals surface area contributed by atoms with Gasteiger partial charge in [0.25, 0.3) is 0 Å². The van der Waals surface area contributed by atoms with Crippen molar-refractivity contribution in [2.75, 3.05) is 13.7 Å². The SMILES string of the molecule is COC(=O)[C@H]1CC(OC(C)=O)[C@@H](N)C([C@H](OC(C)=O)[C@@H](COC(C)=O)OC(C)=O)O1. The largest absolute Gasteiger partial charge is 0.467 e. The fourth-order valence-corrected chi connectivity index (χ4v) is 2.99. The minimum atomic E-state index is -1.38. The summed E-state index contributed by atoms with van der Waals surface area (Å²) in [5.74, 6) is -3.63. The molecule has 6 atom stereocenters. The van der Waals surface area contributed by atoms with Gasteiger partial charge in [0.2, 0.25) is 0 Å². The first-order chi connectivity index (χ1) is 14.0. The monoisotopic (exact) mass is 433 g/mol. The summed E-state index contributed by atoms with van der Waals surface area (Å²) in [4.78, 5) is 58.0. The Bertz CT molecular complexity index is 665. The van der Waals surface area contributed by atoms with E-state index in [4.69, 9.17) is 29.4 Å². The fraction of sp³-hybridized carbons (Fsp3) is 0.722. The van der Waals surface area contributed by atoms with E-state index in [1.807, 2.05) is 0 Å². The quantitative estimate of drug-likeness (QED) is 0.367. The molecule has 1 fully saturated rings. The molecule has 0 spiro atoms. The van der Waals surface area contributed by atoms with Gasteiger partial charge in [0.05, 0.1) is 13.2 Å². The van der Waals surface area contributed by atoms with Crippen molar-refractivity contribution in [2.24, 2.45) is 5.73 Å². The Balaban J connectivity index is 3.31. The predicted octanol–water partition coefficient (Wildman–Crippen LogP) is -0.998. The van der Waals surface area contributed by atoms with E-state index in [1.165, 1.54) is 0 Å². The van der Waals surface area contributed by atoms with E-state index in [-0.39, 0.29) is 6.42 Å². The molecule has 0 aromatic rings. The number of carbonyl (C=O) groups excluding carboxylic acids is 5. The molecule has 170 valence electrons. The van der Waals surface area contributed by atoms with Crippen molar-refractivity contribution in [1.29, 1.82) is 0 Å². The van der Waals surface area contributed by atoms with Crippen LogP contribution in [0.1, 0.15) is 34.1 Å². The molecule has 12 heteroatoms. The number of hydrogen-bond acceptors (Lipinski definition) is 12. The molecule has 30 heavy (non-hydrogen) atoms. The molecule has 0 bridgehead atoms. The highest BCUT2D eigenvalue weighted by molar-refractivity contribution is 5.75. The van der Waals surface area contributed by atoms with Gasteiger partial charge in [-0.05, 0) is 0 Å². The van der Waals surface area contributed by atoms with Crippen LogP contribution < -0.4 is 5.73 Å². The highest BCUT2D eigenvalue weighted by Gasteiger charge is 2.49. The molecule has 1 rings (SSSR count). The van der Waals surface area contributed by atoms with Crippen LogP contribution in [-0.2, 0) is 52.4 Å². The van der Waals surface area contributed by atoms with E-state index < -0.39 is 73.0 Å². The molecule has 0 aromatic heterocycles. The highest BCUT2D eigenvalue weighted by atomic mass is 16.6. The van der Waals surface area contributed by atoms with Crippen LogP contribution in [0.5, 0.6) is 0 Å². The van der Waals surface area contributed by atoms with Gasteiger partial charge in [0.1, 0.15) is 18.8 Å². The molecule has 1 heterocycles. The van der Waals surface area contributed by atoms with Crippen LogP contribution in [0.2, 0.25) is 0 Å². The molecular weight excluding hydrogens is 406 g/mol. The lowest BCUT2D eigenvalue weighted by molar-refractivity contribution is -0.215. The van der Waals surface area contributed by atoms with Gasteiger partial charge in [0, 0.05) is 34.1 Å². The zero-order valence-electron chi connectivity index (χ0n) is 17.4. The van der Waals surface area contributed by atoms with E-state index >= 15 is 0 Å². The fourth-order valence-electron chi connectivity index (χ4n) is 2.99. The number of nitrogens with two attached hydrogens (primary N) is 1. The summed E-state index contributed by atoms with van der Waals surface area (Å²) in [7, 11) is 1.14. The molecule has 0 aliphatic carbocycles. The molecule has 2 N–H and O–H groups in total. The lowest BCUT2D eigenvalue weighted by Crippen LogP contribution is -2.63. The van der Waals surface area contributed by atoms with E-state index in [0.717, 1.165) is 34.8 Å². The molecule has 0 aromatic carbocycles. The summed E-state index contributed by atoms with van der Waals surface area (Å²) in [6.45, 7) is 4.03. The van der Waals surface area contributed by atoms with Gasteiger partial charge in [0.15, 0.2) is 18.3 Å². The average Bonchev–Trinajstić information content (AvgIpc) is 2.63. The Morgan fingerprint density at radius 1 is 0.967 bits per heavy atom. The standard InChI is InChI=1S/C18H27NO11/c1-8(20)26-7-14(28-10(3)22)16(29-11(4)23)17-15(19)12(27-9(2)21)6-13(30-17)18(24)25-5/h12-17H,6-7,19H2,1-5H3/t12?,13-,14-,15-,16-,17?/m1/s1. The van der Waals surface area contributed by atoms with Crippen LogP contribution in [-0.4, -0.2) is 80.1 Å².